The second-order valence-electron chi connectivity index (χ2n) is 9.07. The molecule has 0 bridgehead atoms. The molecule has 0 unspecified atom stereocenters. The summed E-state index contributed by atoms with van der Waals surface area (Å²) >= 11 is 12.3. The van der Waals surface area contributed by atoms with Gasteiger partial charge in [0, 0.05) is 34.9 Å². The Morgan fingerprint density at radius 2 is 1.76 bits per heavy atom. The van der Waals surface area contributed by atoms with E-state index < -0.39 is 0 Å². The SMILES string of the molecule is N#Cc1cccc(C2CCC(N(CCN3CCCC3)C(=O)Nc3cc(Cl)cc(Cl)c3)CC2)c1. The maximum atomic E-state index is 13.3. The van der Waals surface area contributed by atoms with Gasteiger partial charge >= 0.3 is 6.03 Å². The molecule has 174 valence electrons. The highest BCUT2D eigenvalue weighted by atomic mass is 35.5. The molecule has 1 saturated heterocycles. The van der Waals surface area contributed by atoms with E-state index in [4.69, 9.17) is 23.2 Å². The third-order valence-corrected chi connectivity index (χ3v) is 7.29. The number of amides is 2. The van der Waals surface area contributed by atoms with Crippen molar-refractivity contribution < 1.29 is 4.79 Å². The Morgan fingerprint density at radius 1 is 1.06 bits per heavy atom. The third kappa shape index (κ3) is 6.41. The van der Waals surface area contributed by atoms with E-state index in [9.17, 15) is 10.1 Å². The van der Waals surface area contributed by atoms with Crippen LogP contribution < -0.4 is 5.32 Å². The molecule has 0 radical (unpaired) electrons. The Labute approximate surface area is 206 Å². The van der Waals surface area contributed by atoms with Crippen molar-refractivity contribution in [2.24, 2.45) is 0 Å². The van der Waals surface area contributed by atoms with Crippen molar-refractivity contribution in [3.8, 4) is 6.07 Å². The van der Waals surface area contributed by atoms with E-state index >= 15 is 0 Å². The number of halogens is 2. The van der Waals surface area contributed by atoms with E-state index in [0.717, 1.165) is 45.3 Å². The molecule has 2 fully saturated rings. The zero-order valence-corrected chi connectivity index (χ0v) is 20.3. The highest BCUT2D eigenvalue weighted by molar-refractivity contribution is 6.35. The molecule has 2 amide bonds. The molecule has 0 spiro atoms. The van der Waals surface area contributed by atoms with Crippen molar-refractivity contribution in [2.45, 2.75) is 50.5 Å². The molecule has 2 aromatic carbocycles. The molecule has 2 aromatic rings. The minimum atomic E-state index is -0.0949. The number of nitriles is 1. The largest absolute Gasteiger partial charge is 0.322 e. The van der Waals surface area contributed by atoms with Crippen molar-refractivity contribution in [1.82, 2.24) is 9.80 Å². The Morgan fingerprint density at radius 3 is 2.42 bits per heavy atom. The fourth-order valence-electron chi connectivity index (χ4n) is 5.11. The average molecular weight is 485 g/mol. The number of benzene rings is 2. The van der Waals surface area contributed by atoms with Crippen LogP contribution >= 0.6 is 23.2 Å². The Hall–Kier alpha value is -2.26. The van der Waals surface area contributed by atoms with E-state index in [-0.39, 0.29) is 12.1 Å². The fraction of sp³-hybridized carbons (Fsp3) is 0.462. The van der Waals surface area contributed by atoms with Gasteiger partial charge < -0.3 is 15.1 Å². The van der Waals surface area contributed by atoms with Crippen molar-refractivity contribution in [2.75, 3.05) is 31.5 Å². The van der Waals surface area contributed by atoms with Gasteiger partial charge in [0.1, 0.15) is 0 Å². The highest BCUT2D eigenvalue weighted by Crippen LogP contribution is 2.35. The molecule has 7 heteroatoms. The van der Waals surface area contributed by atoms with Gasteiger partial charge in [-0.05, 0) is 93.4 Å². The summed E-state index contributed by atoms with van der Waals surface area (Å²) in [4.78, 5) is 17.8. The first-order chi connectivity index (χ1) is 16.0. The lowest BCUT2D eigenvalue weighted by atomic mass is 9.81. The van der Waals surface area contributed by atoms with Crippen LogP contribution in [0, 0.1) is 11.3 Å². The van der Waals surface area contributed by atoms with Gasteiger partial charge in [0.25, 0.3) is 0 Å². The first-order valence-electron chi connectivity index (χ1n) is 11.8. The molecule has 0 aromatic heterocycles. The van der Waals surface area contributed by atoms with Crippen LogP contribution in [0.3, 0.4) is 0 Å². The highest BCUT2D eigenvalue weighted by Gasteiger charge is 2.30. The molecule has 1 saturated carbocycles. The smallest absolute Gasteiger partial charge is 0.320 e. The standard InChI is InChI=1S/C26H30Cl2N4O/c27-22-15-23(28)17-24(16-22)30-26(33)32(13-12-31-10-1-2-11-31)25-8-6-20(7-9-25)21-5-3-4-19(14-21)18-29/h3-5,14-17,20,25H,1-2,6-13H2,(H,30,33). The van der Waals surface area contributed by atoms with Crippen molar-refractivity contribution >= 4 is 34.9 Å². The van der Waals surface area contributed by atoms with Gasteiger partial charge in [-0.2, -0.15) is 5.26 Å². The normalized spacial score (nSPS) is 20.9. The molecule has 1 aliphatic carbocycles. The molecule has 4 rings (SSSR count). The number of carbonyl (C=O) groups excluding carboxylic acids is 1. The molecule has 1 N–H and O–H groups in total. The fourth-order valence-corrected chi connectivity index (χ4v) is 5.64. The number of hydrogen-bond acceptors (Lipinski definition) is 3. The van der Waals surface area contributed by atoms with E-state index in [2.05, 4.69) is 22.4 Å². The van der Waals surface area contributed by atoms with Crippen LogP contribution in [0.2, 0.25) is 10.0 Å². The van der Waals surface area contributed by atoms with Crippen LogP contribution in [0.15, 0.2) is 42.5 Å². The topological polar surface area (TPSA) is 59.4 Å². The van der Waals surface area contributed by atoms with Crippen LogP contribution in [0.25, 0.3) is 0 Å². The molecule has 0 atom stereocenters. The van der Waals surface area contributed by atoms with Crippen molar-refractivity contribution in [1.29, 1.82) is 5.26 Å². The second-order valence-corrected chi connectivity index (χ2v) is 9.95. The summed E-state index contributed by atoms with van der Waals surface area (Å²) in [6.07, 6.45) is 6.39. The van der Waals surface area contributed by atoms with Gasteiger partial charge in [0.15, 0.2) is 0 Å². The van der Waals surface area contributed by atoms with Crippen molar-refractivity contribution in [3.63, 3.8) is 0 Å². The maximum Gasteiger partial charge on any atom is 0.322 e. The number of anilines is 1. The number of rotatable bonds is 6. The van der Waals surface area contributed by atoms with Gasteiger partial charge in [-0.1, -0.05) is 35.3 Å². The van der Waals surface area contributed by atoms with Crippen molar-refractivity contribution in [3.05, 3.63) is 63.6 Å². The summed E-state index contributed by atoms with van der Waals surface area (Å²) in [5, 5.41) is 13.2. The number of nitrogens with zero attached hydrogens (tertiary/aromatic N) is 3. The molecular formula is C26H30Cl2N4O. The van der Waals surface area contributed by atoms with Crippen LogP contribution in [0.5, 0.6) is 0 Å². The second kappa shape index (κ2) is 11.2. The van der Waals surface area contributed by atoms with Gasteiger partial charge in [0.2, 0.25) is 0 Å². The summed E-state index contributed by atoms with van der Waals surface area (Å²) < 4.78 is 0. The van der Waals surface area contributed by atoms with Crippen LogP contribution in [-0.4, -0.2) is 48.1 Å². The molecule has 1 heterocycles. The van der Waals surface area contributed by atoms with E-state index in [1.54, 1.807) is 18.2 Å². The van der Waals surface area contributed by atoms with Gasteiger partial charge in [-0.25, -0.2) is 4.79 Å². The molecule has 5 nitrogen and oxygen atoms in total. The summed E-state index contributed by atoms with van der Waals surface area (Å²) in [6, 6.07) is 15.4. The third-order valence-electron chi connectivity index (χ3n) is 6.86. The lowest BCUT2D eigenvalue weighted by Gasteiger charge is -2.38. The lowest BCUT2D eigenvalue weighted by Crippen LogP contribution is -2.47. The minimum Gasteiger partial charge on any atom is -0.320 e. The quantitative estimate of drug-likeness (QED) is 0.507. The summed E-state index contributed by atoms with van der Waals surface area (Å²) in [7, 11) is 0. The van der Waals surface area contributed by atoms with Gasteiger partial charge in [0.05, 0.1) is 11.6 Å². The number of likely N-dealkylation sites (tertiary alicyclic amines) is 1. The van der Waals surface area contributed by atoms with Gasteiger partial charge in [-0.3, -0.25) is 0 Å². The van der Waals surface area contributed by atoms with Crippen LogP contribution in [0.4, 0.5) is 10.5 Å². The molecular weight excluding hydrogens is 455 g/mol. The van der Waals surface area contributed by atoms with Crippen LogP contribution in [-0.2, 0) is 0 Å². The first kappa shape index (κ1) is 23.9. The summed E-state index contributed by atoms with van der Waals surface area (Å²) in [5.74, 6) is 0.435. The number of nitrogens with one attached hydrogen (secondary N) is 1. The Bertz CT molecular complexity index is 987. The Kier molecular flexibility index (Phi) is 8.14. The predicted molar refractivity (Wildman–Crippen MR) is 134 cm³/mol. The van der Waals surface area contributed by atoms with Crippen LogP contribution in [0.1, 0.15) is 55.6 Å². The monoisotopic (exact) mass is 484 g/mol. The van der Waals surface area contributed by atoms with E-state index in [1.165, 1.54) is 18.4 Å². The predicted octanol–water partition coefficient (Wildman–Crippen LogP) is 6.52. The molecule has 2 aliphatic rings. The Balaban J connectivity index is 1.43. The summed E-state index contributed by atoms with van der Waals surface area (Å²) in [5.41, 5.74) is 2.56. The number of urea groups is 1. The summed E-state index contributed by atoms with van der Waals surface area (Å²) in [6.45, 7) is 3.83. The maximum absolute atomic E-state index is 13.3. The minimum absolute atomic E-state index is 0.0949. The molecule has 1 aliphatic heterocycles. The lowest BCUT2D eigenvalue weighted by molar-refractivity contribution is 0.151. The zero-order valence-electron chi connectivity index (χ0n) is 18.8. The van der Waals surface area contributed by atoms with E-state index in [0.29, 0.717) is 33.8 Å². The molecule has 33 heavy (non-hydrogen) atoms. The van der Waals surface area contributed by atoms with Gasteiger partial charge in [-0.15, -0.1) is 0 Å². The number of hydrogen-bond donors (Lipinski definition) is 1. The average Bonchev–Trinajstić information content (AvgIpc) is 3.33. The zero-order chi connectivity index (χ0) is 23.2. The van der Waals surface area contributed by atoms with E-state index in [1.807, 2.05) is 23.1 Å². The number of carbonyl (C=O) groups is 1. The first-order valence-corrected chi connectivity index (χ1v) is 12.5.